The van der Waals surface area contributed by atoms with Crippen LogP contribution in [0.1, 0.15) is 65.7 Å². The molecule has 1 atom stereocenters. The molecule has 1 aliphatic heterocycles. The van der Waals surface area contributed by atoms with E-state index in [1.165, 1.54) is 0 Å². The van der Waals surface area contributed by atoms with Gasteiger partial charge in [-0.2, -0.15) is 0 Å². The highest BCUT2D eigenvalue weighted by atomic mass is 16.2. The second-order valence-electron chi connectivity index (χ2n) is 5.29. The monoisotopic (exact) mass is 239 g/mol. The Kier molecular flexibility index (Phi) is 5.16. The number of nitrogens with one attached hydrogen (secondary N) is 1. The lowest BCUT2D eigenvalue weighted by atomic mass is 9.63. The van der Waals surface area contributed by atoms with Gasteiger partial charge in [-0.1, -0.05) is 40.0 Å². The van der Waals surface area contributed by atoms with Crippen LogP contribution in [0.15, 0.2) is 0 Å². The van der Waals surface area contributed by atoms with E-state index in [4.69, 9.17) is 0 Å². The number of amides is 2. The van der Waals surface area contributed by atoms with E-state index in [1.807, 2.05) is 0 Å². The van der Waals surface area contributed by atoms with Crippen molar-refractivity contribution in [2.75, 3.05) is 0 Å². The first-order valence-electron chi connectivity index (χ1n) is 6.93. The van der Waals surface area contributed by atoms with Gasteiger partial charge >= 0.3 is 0 Å². The molecule has 0 radical (unpaired) electrons. The van der Waals surface area contributed by atoms with Crippen LogP contribution in [0.5, 0.6) is 0 Å². The van der Waals surface area contributed by atoms with E-state index < -0.39 is 0 Å². The van der Waals surface area contributed by atoms with E-state index in [9.17, 15) is 9.59 Å². The van der Waals surface area contributed by atoms with Crippen LogP contribution in [-0.4, -0.2) is 11.8 Å². The minimum Gasteiger partial charge on any atom is -0.296 e. The number of carbonyl (C=O) groups is 2. The number of carbonyl (C=O) groups excluding carboxylic acids is 2. The van der Waals surface area contributed by atoms with Gasteiger partial charge in [-0.15, -0.1) is 0 Å². The fourth-order valence-corrected chi connectivity index (χ4v) is 3.36. The molecule has 1 aliphatic rings. The van der Waals surface area contributed by atoms with Crippen LogP contribution in [0, 0.1) is 11.3 Å². The van der Waals surface area contributed by atoms with Gasteiger partial charge in [-0.25, -0.2) is 0 Å². The standard InChI is InChI=1S/C14H25NO2/c1-4-7-11-13(17)15-12(16)10-14(11,8-5-2)9-6-3/h11H,4-10H2,1-3H3,(H,15,16,17). The zero-order valence-corrected chi connectivity index (χ0v) is 11.3. The molecule has 1 rings (SSSR count). The molecule has 3 nitrogen and oxygen atoms in total. The van der Waals surface area contributed by atoms with Gasteiger partial charge in [-0.05, 0) is 24.7 Å². The summed E-state index contributed by atoms with van der Waals surface area (Å²) >= 11 is 0. The topological polar surface area (TPSA) is 46.2 Å². The first-order valence-corrected chi connectivity index (χ1v) is 6.93. The molecule has 0 aliphatic carbocycles. The first-order chi connectivity index (χ1) is 8.09. The van der Waals surface area contributed by atoms with Gasteiger partial charge in [0.2, 0.25) is 11.8 Å². The van der Waals surface area contributed by atoms with Crippen molar-refractivity contribution >= 4 is 11.8 Å². The largest absolute Gasteiger partial charge is 0.296 e. The molecule has 1 saturated heterocycles. The molecule has 0 bridgehead atoms. The van der Waals surface area contributed by atoms with Gasteiger partial charge in [0.15, 0.2) is 0 Å². The third kappa shape index (κ3) is 3.08. The van der Waals surface area contributed by atoms with Gasteiger partial charge in [0.05, 0.1) is 0 Å². The second-order valence-corrected chi connectivity index (χ2v) is 5.29. The number of hydrogen-bond donors (Lipinski definition) is 1. The smallest absolute Gasteiger partial charge is 0.230 e. The zero-order chi connectivity index (χ0) is 12.9. The summed E-state index contributed by atoms with van der Waals surface area (Å²) in [4.78, 5) is 23.7. The molecular weight excluding hydrogens is 214 g/mol. The Morgan fingerprint density at radius 2 is 1.71 bits per heavy atom. The van der Waals surface area contributed by atoms with Crippen molar-refractivity contribution in [3.63, 3.8) is 0 Å². The van der Waals surface area contributed by atoms with Crippen LogP contribution in [-0.2, 0) is 9.59 Å². The van der Waals surface area contributed by atoms with E-state index in [2.05, 4.69) is 26.1 Å². The lowest BCUT2D eigenvalue weighted by molar-refractivity contribution is -0.145. The average molecular weight is 239 g/mol. The molecule has 3 heteroatoms. The van der Waals surface area contributed by atoms with E-state index >= 15 is 0 Å². The molecule has 0 aromatic rings. The van der Waals surface area contributed by atoms with Crippen LogP contribution >= 0.6 is 0 Å². The predicted molar refractivity (Wildman–Crippen MR) is 68.4 cm³/mol. The molecule has 98 valence electrons. The minimum absolute atomic E-state index is 0.0325. The number of piperidine rings is 1. The maximum Gasteiger partial charge on any atom is 0.230 e. The number of hydrogen-bond acceptors (Lipinski definition) is 2. The summed E-state index contributed by atoms with van der Waals surface area (Å²) in [5, 5.41) is 2.51. The van der Waals surface area contributed by atoms with E-state index in [-0.39, 0.29) is 23.1 Å². The molecule has 1 unspecified atom stereocenters. The SMILES string of the molecule is CCCC1C(=O)NC(=O)CC1(CCC)CCC. The molecule has 1 heterocycles. The molecule has 1 fully saturated rings. The average Bonchev–Trinajstić information content (AvgIpc) is 2.24. The molecular formula is C14H25NO2. The first kappa shape index (κ1) is 14.2. The van der Waals surface area contributed by atoms with E-state index in [0.717, 1.165) is 38.5 Å². The highest BCUT2D eigenvalue weighted by molar-refractivity contribution is 5.99. The highest BCUT2D eigenvalue weighted by Crippen LogP contribution is 2.45. The molecule has 17 heavy (non-hydrogen) atoms. The lowest BCUT2D eigenvalue weighted by Gasteiger charge is -2.43. The third-order valence-electron chi connectivity index (χ3n) is 3.90. The summed E-state index contributed by atoms with van der Waals surface area (Å²) in [6.07, 6.45) is 6.50. The molecule has 0 spiro atoms. The Bertz CT molecular complexity index is 280. The Labute approximate surface area is 104 Å². The molecule has 0 aromatic heterocycles. The third-order valence-corrected chi connectivity index (χ3v) is 3.90. The predicted octanol–water partition coefficient (Wildman–Crippen LogP) is 3.04. The van der Waals surface area contributed by atoms with Crippen molar-refractivity contribution < 1.29 is 9.59 Å². The van der Waals surface area contributed by atoms with Crippen molar-refractivity contribution in [3.05, 3.63) is 0 Å². The van der Waals surface area contributed by atoms with Crippen LogP contribution in [0.2, 0.25) is 0 Å². The summed E-state index contributed by atoms with van der Waals surface area (Å²) in [5.41, 5.74) is -0.0705. The number of rotatable bonds is 6. The maximum atomic E-state index is 12.0. The van der Waals surface area contributed by atoms with Gasteiger partial charge in [-0.3, -0.25) is 14.9 Å². The summed E-state index contributed by atoms with van der Waals surface area (Å²) in [6, 6.07) is 0. The second kappa shape index (κ2) is 6.18. The van der Waals surface area contributed by atoms with Crippen molar-refractivity contribution in [2.45, 2.75) is 65.7 Å². The van der Waals surface area contributed by atoms with Crippen molar-refractivity contribution in [1.29, 1.82) is 0 Å². The van der Waals surface area contributed by atoms with Crippen molar-refractivity contribution in [1.82, 2.24) is 5.32 Å². The maximum absolute atomic E-state index is 12.0. The van der Waals surface area contributed by atoms with E-state index in [0.29, 0.717) is 6.42 Å². The molecule has 1 N–H and O–H groups in total. The molecule has 2 amide bonds. The summed E-state index contributed by atoms with van der Waals surface area (Å²) in [6.45, 7) is 6.38. The quantitative estimate of drug-likeness (QED) is 0.724. The summed E-state index contributed by atoms with van der Waals surface area (Å²) < 4.78 is 0. The van der Waals surface area contributed by atoms with Crippen molar-refractivity contribution in [2.24, 2.45) is 11.3 Å². The summed E-state index contributed by atoms with van der Waals surface area (Å²) in [5.74, 6) is -0.0839. The lowest BCUT2D eigenvalue weighted by Crippen LogP contribution is -2.52. The Morgan fingerprint density at radius 1 is 1.12 bits per heavy atom. The van der Waals surface area contributed by atoms with Crippen LogP contribution < -0.4 is 5.32 Å². The summed E-state index contributed by atoms with van der Waals surface area (Å²) in [7, 11) is 0. The minimum atomic E-state index is -0.0794. The fraction of sp³-hybridized carbons (Fsp3) is 0.857. The van der Waals surface area contributed by atoms with E-state index in [1.54, 1.807) is 0 Å². The number of imide groups is 1. The molecule has 0 saturated carbocycles. The Balaban J connectivity index is 2.98. The van der Waals surface area contributed by atoms with Crippen LogP contribution in [0.25, 0.3) is 0 Å². The van der Waals surface area contributed by atoms with Crippen molar-refractivity contribution in [3.8, 4) is 0 Å². The van der Waals surface area contributed by atoms with Gasteiger partial charge < -0.3 is 0 Å². The Hall–Kier alpha value is -0.860. The Morgan fingerprint density at radius 3 is 2.18 bits per heavy atom. The van der Waals surface area contributed by atoms with Gasteiger partial charge in [0.25, 0.3) is 0 Å². The van der Waals surface area contributed by atoms with Gasteiger partial charge in [0, 0.05) is 12.3 Å². The van der Waals surface area contributed by atoms with Crippen LogP contribution in [0.4, 0.5) is 0 Å². The normalized spacial score (nSPS) is 23.6. The van der Waals surface area contributed by atoms with Gasteiger partial charge in [0.1, 0.15) is 0 Å². The molecule has 0 aromatic carbocycles. The zero-order valence-electron chi connectivity index (χ0n) is 11.3. The fourth-order valence-electron chi connectivity index (χ4n) is 3.36. The highest BCUT2D eigenvalue weighted by Gasteiger charge is 2.46. The van der Waals surface area contributed by atoms with Crippen LogP contribution in [0.3, 0.4) is 0 Å².